The lowest BCUT2D eigenvalue weighted by Crippen LogP contribution is -2.41. The average Bonchev–Trinajstić information content (AvgIpc) is 3.19. The lowest BCUT2D eigenvalue weighted by Gasteiger charge is -2.33. The fourth-order valence-electron chi connectivity index (χ4n) is 3.46. The molecular formula is C22H24ClN5O2S. The van der Waals surface area contributed by atoms with Crippen molar-refractivity contribution in [3.8, 4) is 5.75 Å². The standard InChI is InChI=1S/C22H24ClN5O2S/c1-4-18-25-26-22-28(18)27-19(14-9-11-15(12-10-14)30-5-2)20(31-22)21(29)24-17-8-6-7-16(23)13(17)3/h6-12,19-20,27H,4-5H2,1-3H3,(H,24,29)/t19-,20-/m1/s1. The number of amides is 1. The molecule has 2 atom stereocenters. The summed E-state index contributed by atoms with van der Waals surface area (Å²) in [5.74, 6) is 1.49. The number of anilines is 1. The molecule has 31 heavy (non-hydrogen) atoms. The Morgan fingerprint density at radius 3 is 2.71 bits per heavy atom. The molecule has 3 aromatic rings. The van der Waals surface area contributed by atoms with E-state index in [0.29, 0.717) is 22.5 Å². The van der Waals surface area contributed by atoms with Crippen LogP contribution in [0.2, 0.25) is 5.02 Å². The Hall–Kier alpha value is -2.71. The van der Waals surface area contributed by atoms with Crippen LogP contribution in [0.3, 0.4) is 0 Å². The first kappa shape index (κ1) is 21.5. The normalized spacial score (nSPS) is 17.5. The molecule has 0 unspecified atom stereocenters. The predicted molar refractivity (Wildman–Crippen MR) is 124 cm³/mol. The van der Waals surface area contributed by atoms with Gasteiger partial charge in [-0.25, -0.2) is 4.68 Å². The highest BCUT2D eigenvalue weighted by atomic mass is 35.5. The highest BCUT2D eigenvalue weighted by molar-refractivity contribution is 8.00. The first-order chi connectivity index (χ1) is 15.0. The van der Waals surface area contributed by atoms with Gasteiger partial charge in [0.25, 0.3) is 0 Å². The van der Waals surface area contributed by atoms with Gasteiger partial charge >= 0.3 is 0 Å². The summed E-state index contributed by atoms with van der Waals surface area (Å²) < 4.78 is 7.44. The van der Waals surface area contributed by atoms with Crippen molar-refractivity contribution in [2.45, 2.75) is 43.6 Å². The number of rotatable bonds is 6. The number of hydrogen-bond donors (Lipinski definition) is 2. The molecule has 2 heterocycles. The van der Waals surface area contributed by atoms with Gasteiger partial charge in [-0.05, 0) is 49.2 Å². The van der Waals surface area contributed by atoms with E-state index in [1.807, 2.05) is 61.8 Å². The number of carbonyl (C=O) groups excluding carboxylic acids is 1. The number of benzene rings is 2. The van der Waals surface area contributed by atoms with Crippen LogP contribution in [-0.2, 0) is 11.2 Å². The molecule has 1 aromatic heterocycles. The molecule has 1 aliphatic heterocycles. The molecule has 0 fully saturated rings. The van der Waals surface area contributed by atoms with E-state index in [1.54, 1.807) is 6.07 Å². The quantitative estimate of drug-likeness (QED) is 0.563. The van der Waals surface area contributed by atoms with Crippen LogP contribution in [0.5, 0.6) is 5.75 Å². The maximum Gasteiger partial charge on any atom is 0.240 e. The van der Waals surface area contributed by atoms with Gasteiger partial charge in [0.15, 0.2) is 5.82 Å². The van der Waals surface area contributed by atoms with E-state index in [4.69, 9.17) is 16.3 Å². The van der Waals surface area contributed by atoms with Gasteiger partial charge in [0.1, 0.15) is 11.0 Å². The third-order valence-electron chi connectivity index (χ3n) is 5.15. The number of thioether (sulfide) groups is 1. The minimum atomic E-state index is -0.460. The van der Waals surface area contributed by atoms with Gasteiger partial charge in [-0.1, -0.05) is 48.5 Å². The van der Waals surface area contributed by atoms with E-state index in [0.717, 1.165) is 29.1 Å². The second-order valence-corrected chi connectivity index (χ2v) is 8.65. The monoisotopic (exact) mass is 457 g/mol. The summed E-state index contributed by atoms with van der Waals surface area (Å²) in [7, 11) is 0. The molecule has 2 aromatic carbocycles. The summed E-state index contributed by atoms with van der Waals surface area (Å²) in [4.78, 5) is 13.4. The zero-order valence-electron chi connectivity index (χ0n) is 17.6. The third kappa shape index (κ3) is 4.36. The summed E-state index contributed by atoms with van der Waals surface area (Å²) in [6.45, 7) is 6.46. The van der Waals surface area contributed by atoms with Gasteiger partial charge < -0.3 is 15.5 Å². The van der Waals surface area contributed by atoms with Crippen molar-refractivity contribution in [3.63, 3.8) is 0 Å². The molecule has 4 rings (SSSR count). The van der Waals surface area contributed by atoms with E-state index in [2.05, 4.69) is 20.9 Å². The van der Waals surface area contributed by atoms with Gasteiger partial charge in [0.2, 0.25) is 11.1 Å². The van der Waals surface area contributed by atoms with Gasteiger partial charge in [-0.15, -0.1) is 10.2 Å². The van der Waals surface area contributed by atoms with Gasteiger partial charge in [0, 0.05) is 17.1 Å². The van der Waals surface area contributed by atoms with E-state index in [-0.39, 0.29) is 11.9 Å². The molecule has 0 bridgehead atoms. The zero-order valence-corrected chi connectivity index (χ0v) is 19.1. The van der Waals surface area contributed by atoms with E-state index in [9.17, 15) is 4.79 Å². The third-order valence-corrected chi connectivity index (χ3v) is 6.78. The van der Waals surface area contributed by atoms with Crippen molar-refractivity contribution in [2.75, 3.05) is 17.3 Å². The number of aromatic nitrogens is 3. The number of ether oxygens (including phenoxy) is 1. The first-order valence-electron chi connectivity index (χ1n) is 10.2. The largest absolute Gasteiger partial charge is 0.494 e. The molecule has 0 saturated carbocycles. The average molecular weight is 458 g/mol. The van der Waals surface area contributed by atoms with Gasteiger partial charge in [-0.3, -0.25) is 4.79 Å². The molecule has 9 heteroatoms. The van der Waals surface area contributed by atoms with E-state index >= 15 is 0 Å². The highest BCUT2D eigenvalue weighted by Crippen LogP contribution is 2.38. The summed E-state index contributed by atoms with van der Waals surface area (Å²) in [6.07, 6.45) is 0.731. The SMILES string of the molecule is CCOc1ccc([C@H]2Nn3c(CC)nnc3S[C@H]2C(=O)Nc2cccc(Cl)c2C)cc1. The summed E-state index contributed by atoms with van der Waals surface area (Å²) in [5.41, 5.74) is 5.96. The number of halogens is 1. The van der Waals surface area contributed by atoms with Crippen LogP contribution in [0, 0.1) is 6.92 Å². The van der Waals surface area contributed by atoms with Gasteiger partial charge in [-0.2, -0.15) is 0 Å². The Labute approximate surface area is 190 Å². The lowest BCUT2D eigenvalue weighted by atomic mass is 10.0. The van der Waals surface area contributed by atoms with Crippen molar-refractivity contribution in [1.29, 1.82) is 0 Å². The maximum absolute atomic E-state index is 13.4. The zero-order chi connectivity index (χ0) is 22.0. The molecule has 0 spiro atoms. The van der Waals surface area contributed by atoms with Crippen LogP contribution in [0.1, 0.15) is 36.8 Å². The molecule has 2 N–H and O–H groups in total. The molecular weight excluding hydrogens is 434 g/mol. The Morgan fingerprint density at radius 1 is 1.23 bits per heavy atom. The Kier molecular flexibility index (Phi) is 6.38. The number of carbonyl (C=O) groups is 1. The van der Waals surface area contributed by atoms with E-state index in [1.165, 1.54) is 11.8 Å². The first-order valence-corrected chi connectivity index (χ1v) is 11.4. The number of nitrogens with zero attached hydrogens (tertiary/aromatic N) is 3. The Bertz CT molecular complexity index is 1090. The molecule has 0 aliphatic carbocycles. The second-order valence-electron chi connectivity index (χ2n) is 7.14. The minimum Gasteiger partial charge on any atom is -0.494 e. The summed E-state index contributed by atoms with van der Waals surface area (Å²) in [5, 5.41) is 12.4. The molecule has 0 saturated heterocycles. The fraction of sp³-hybridized carbons (Fsp3) is 0.318. The van der Waals surface area contributed by atoms with E-state index < -0.39 is 5.25 Å². The molecule has 0 radical (unpaired) electrons. The van der Waals surface area contributed by atoms with Crippen LogP contribution < -0.4 is 15.5 Å². The summed E-state index contributed by atoms with van der Waals surface area (Å²) >= 11 is 7.63. The topological polar surface area (TPSA) is 81.1 Å². The summed E-state index contributed by atoms with van der Waals surface area (Å²) in [6, 6.07) is 13.0. The van der Waals surface area contributed by atoms with Crippen molar-refractivity contribution in [1.82, 2.24) is 14.9 Å². The van der Waals surface area contributed by atoms with Crippen LogP contribution in [0.25, 0.3) is 0 Å². The number of fused-ring (bicyclic) bond motifs is 1. The van der Waals surface area contributed by atoms with Crippen LogP contribution in [0.4, 0.5) is 5.69 Å². The van der Waals surface area contributed by atoms with Crippen LogP contribution >= 0.6 is 23.4 Å². The second kappa shape index (κ2) is 9.20. The molecule has 1 amide bonds. The van der Waals surface area contributed by atoms with Crippen molar-refractivity contribution in [2.24, 2.45) is 0 Å². The number of hydrogen-bond acceptors (Lipinski definition) is 6. The minimum absolute atomic E-state index is 0.131. The fourth-order valence-corrected chi connectivity index (χ4v) is 4.74. The predicted octanol–water partition coefficient (Wildman–Crippen LogP) is 4.60. The molecule has 7 nitrogen and oxygen atoms in total. The molecule has 1 aliphatic rings. The Morgan fingerprint density at radius 2 is 2.00 bits per heavy atom. The maximum atomic E-state index is 13.4. The van der Waals surface area contributed by atoms with Crippen molar-refractivity contribution >= 4 is 35.0 Å². The smallest absolute Gasteiger partial charge is 0.240 e. The molecule has 162 valence electrons. The highest BCUT2D eigenvalue weighted by Gasteiger charge is 2.37. The van der Waals surface area contributed by atoms with Crippen LogP contribution in [0.15, 0.2) is 47.6 Å². The number of aryl methyl sites for hydroxylation is 1. The number of nitrogens with one attached hydrogen (secondary N) is 2. The van der Waals surface area contributed by atoms with Crippen molar-refractivity contribution < 1.29 is 9.53 Å². The Balaban J connectivity index is 1.66. The van der Waals surface area contributed by atoms with Gasteiger partial charge in [0.05, 0.1) is 12.6 Å². The van der Waals surface area contributed by atoms with Crippen LogP contribution in [-0.4, -0.2) is 32.6 Å². The van der Waals surface area contributed by atoms with Crippen molar-refractivity contribution in [3.05, 3.63) is 64.4 Å². The lowest BCUT2D eigenvalue weighted by molar-refractivity contribution is -0.116.